The Kier molecular flexibility index (Phi) is 5.93. The van der Waals surface area contributed by atoms with Crippen LogP contribution in [0.2, 0.25) is 0 Å². The van der Waals surface area contributed by atoms with E-state index in [1.165, 1.54) is 0 Å². The standard InChI is InChI=1S/C11H18ClN3O/c1-3-6-16-11-8-13-7-10(15-11)14-5-4-9(2)12/h7-9H,3-6H2,1-2H3,(H,14,15). The number of nitrogens with one attached hydrogen (secondary N) is 1. The largest absolute Gasteiger partial charge is 0.477 e. The zero-order valence-electron chi connectivity index (χ0n) is 9.74. The minimum atomic E-state index is 0.167. The van der Waals surface area contributed by atoms with Crippen LogP contribution < -0.4 is 10.1 Å². The van der Waals surface area contributed by atoms with Crippen molar-refractivity contribution in [2.75, 3.05) is 18.5 Å². The lowest BCUT2D eigenvalue weighted by molar-refractivity contribution is 0.304. The maximum Gasteiger partial charge on any atom is 0.234 e. The molecule has 1 unspecified atom stereocenters. The van der Waals surface area contributed by atoms with Gasteiger partial charge in [0.1, 0.15) is 5.82 Å². The number of halogens is 1. The number of alkyl halides is 1. The van der Waals surface area contributed by atoms with E-state index in [0.29, 0.717) is 12.5 Å². The van der Waals surface area contributed by atoms with E-state index in [9.17, 15) is 0 Å². The molecule has 4 nitrogen and oxygen atoms in total. The highest BCUT2D eigenvalue weighted by molar-refractivity contribution is 6.20. The first kappa shape index (κ1) is 13.0. The smallest absolute Gasteiger partial charge is 0.234 e. The van der Waals surface area contributed by atoms with Crippen LogP contribution in [-0.4, -0.2) is 28.5 Å². The lowest BCUT2D eigenvalue weighted by Gasteiger charge is -2.08. The number of hydrogen-bond acceptors (Lipinski definition) is 4. The van der Waals surface area contributed by atoms with Crippen molar-refractivity contribution >= 4 is 17.4 Å². The molecule has 1 heterocycles. The average Bonchev–Trinajstić information content (AvgIpc) is 2.26. The van der Waals surface area contributed by atoms with Crippen LogP contribution in [0, 0.1) is 0 Å². The van der Waals surface area contributed by atoms with Crippen LogP contribution in [0.3, 0.4) is 0 Å². The number of hydrogen-bond donors (Lipinski definition) is 1. The van der Waals surface area contributed by atoms with E-state index in [0.717, 1.165) is 25.2 Å². The molecule has 90 valence electrons. The molecule has 1 aromatic heterocycles. The van der Waals surface area contributed by atoms with Crippen LogP contribution in [0.15, 0.2) is 12.4 Å². The lowest BCUT2D eigenvalue weighted by atomic mass is 10.3. The second-order valence-corrected chi connectivity index (χ2v) is 4.33. The number of rotatable bonds is 7. The summed E-state index contributed by atoms with van der Waals surface area (Å²) >= 11 is 5.84. The average molecular weight is 244 g/mol. The van der Waals surface area contributed by atoms with E-state index in [-0.39, 0.29) is 5.38 Å². The van der Waals surface area contributed by atoms with Gasteiger partial charge in [-0.1, -0.05) is 6.92 Å². The Bertz CT molecular complexity index is 307. The van der Waals surface area contributed by atoms with Crippen molar-refractivity contribution in [2.45, 2.75) is 32.1 Å². The van der Waals surface area contributed by atoms with Gasteiger partial charge in [-0.2, -0.15) is 4.98 Å². The first-order valence-corrected chi connectivity index (χ1v) is 5.98. The fraction of sp³-hybridized carbons (Fsp3) is 0.636. The van der Waals surface area contributed by atoms with Crippen LogP contribution in [0.1, 0.15) is 26.7 Å². The van der Waals surface area contributed by atoms with Gasteiger partial charge in [0.05, 0.1) is 19.0 Å². The van der Waals surface area contributed by atoms with E-state index >= 15 is 0 Å². The molecule has 0 saturated carbocycles. The molecule has 16 heavy (non-hydrogen) atoms. The zero-order chi connectivity index (χ0) is 11.8. The number of ether oxygens (including phenoxy) is 1. The highest BCUT2D eigenvalue weighted by atomic mass is 35.5. The van der Waals surface area contributed by atoms with Crippen LogP contribution in [0.4, 0.5) is 5.82 Å². The van der Waals surface area contributed by atoms with E-state index < -0.39 is 0 Å². The molecule has 0 aromatic carbocycles. The Morgan fingerprint density at radius 3 is 3.00 bits per heavy atom. The van der Waals surface area contributed by atoms with Crippen LogP contribution in [0.25, 0.3) is 0 Å². The number of nitrogens with zero attached hydrogens (tertiary/aromatic N) is 2. The maximum absolute atomic E-state index is 5.84. The Morgan fingerprint density at radius 2 is 2.31 bits per heavy atom. The summed E-state index contributed by atoms with van der Waals surface area (Å²) in [5.74, 6) is 1.29. The van der Waals surface area contributed by atoms with E-state index in [2.05, 4.69) is 22.2 Å². The van der Waals surface area contributed by atoms with Crippen molar-refractivity contribution in [3.63, 3.8) is 0 Å². The summed E-state index contributed by atoms with van der Waals surface area (Å²) in [4.78, 5) is 8.32. The zero-order valence-corrected chi connectivity index (χ0v) is 10.5. The summed E-state index contributed by atoms with van der Waals surface area (Å²) in [7, 11) is 0. The molecule has 0 aliphatic heterocycles. The summed E-state index contributed by atoms with van der Waals surface area (Å²) in [6.07, 6.45) is 5.15. The molecule has 0 saturated heterocycles. The molecule has 0 spiro atoms. The molecule has 1 N–H and O–H groups in total. The van der Waals surface area contributed by atoms with Crippen molar-refractivity contribution in [3.05, 3.63) is 12.4 Å². The maximum atomic E-state index is 5.84. The summed E-state index contributed by atoms with van der Waals surface area (Å²) < 4.78 is 5.38. The Balaban J connectivity index is 2.40. The van der Waals surface area contributed by atoms with Gasteiger partial charge in [0.25, 0.3) is 0 Å². The Hall–Kier alpha value is -1.03. The number of anilines is 1. The quantitative estimate of drug-likeness (QED) is 0.748. The third kappa shape index (κ3) is 5.16. The van der Waals surface area contributed by atoms with Crippen LogP contribution >= 0.6 is 11.6 Å². The predicted molar refractivity (Wildman–Crippen MR) is 66.2 cm³/mol. The first-order valence-electron chi connectivity index (χ1n) is 5.55. The normalized spacial score (nSPS) is 12.2. The van der Waals surface area contributed by atoms with Gasteiger partial charge in [0, 0.05) is 11.9 Å². The summed E-state index contributed by atoms with van der Waals surface area (Å²) in [5.41, 5.74) is 0. The third-order valence-corrected chi connectivity index (χ3v) is 2.13. The highest BCUT2D eigenvalue weighted by Crippen LogP contribution is 2.09. The van der Waals surface area contributed by atoms with Crippen molar-refractivity contribution in [2.24, 2.45) is 0 Å². The molecule has 1 rings (SSSR count). The van der Waals surface area contributed by atoms with Gasteiger partial charge < -0.3 is 10.1 Å². The van der Waals surface area contributed by atoms with Crippen molar-refractivity contribution in [3.8, 4) is 5.88 Å². The van der Waals surface area contributed by atoms with Crippen LogP contribution in [-0.2, 0) is 0 Å². The van der Waals surface area contributed by atoms with Gasteiger partial charge >= 0.3 is 0 Å². The van der Waals surface area contributed by atoms with Gasteiger partial charge in [-0.25, -0.2) is 0 Å². The Morgan fingerprint density at radius 1 is 1.50 bits per heavy atom. The minimum absolute atomic E-state index is 0.167. The molecule has 0 amide bonds. The molecule has 0 bridgehead atoms. The van der Waals surface area contributed by atoms with Crippen LogP contribution in [0.5, 0.6) is 5.88 Å². The van der Waals surface area contributed by atoms with Crippen molar-refractivity contribution in [1.82, 2.24) is 9.97 Å². The molecule has 0 aliphatic carbocycles. The fourth-order valence-electron chi connectivity index (χ4n) is 1.11. The van der Waals surface area contributed by atoms with Gasteiger partial charge in [-0.05, 0) is 19.8 Å². The summed E-state index contributed by atoms with van der Waals surface area (Å²) in [5, 5.41) is 3.32. The number of aromatic nitrogens is 2. The summed E-state index contributed by atoms with van der Waals surface area (Å²) in [6.45, 7) is 5.47. The van der Waals surface area contributed by atoms with Gasteiger partial charge in [0.15, 0.2) is 0 Å². The monoisotopic (exact) mass is 243 g/mol. The third-order valence-electron chi connectivity index (χ3n) is 1.91. The molecule has 0 aliphatic rings. The SMILES string of the molecule is CCCOc1cncc(NCCC(C)Cl)n1. The van der Waals surface area contributed by atoms with Crippen molar-refractivity contribution < 1.29 is 4.74 Å². The van der Waals surface area contributed by atoms with Gasteiger partial charge in [0.2, 0.25) is 5.88 Å². The molecular weight excluding hydrogens is 226 g/mol. The molecular formula is C11H18ClN3O. The Labute approximate surface area is 101 Å². The highest BCUT2D eigenvalue weighted by Gasteiger charge is 2.00. The summed E-state index contributed by atoms with van der Waals surface area (Å²) in [6, 6.07) is 0. The van der Waals surface area contributed by atoms with Gasteiger partial charge in [-0.3, -0.25) is 4.98 Å². The molecule has 1 aromatic rings. The van der Waals surface area contributed by atoms with E-state index in [1.54, 1.807) is 12.4 Å². The lowest BCUT2D eigenvalue weighted by Crippen LogP contribution is -2.08. The second-order valence-electron chi connectivity index (χ2n) is 3.59. The molecule has 5 heteroatoms. The van der Waals surface area contributed by atoms with E-state index in [1.807, 2.05) is 6.92 Å². The molecule has 1 atom stereocenters. The fourth-order valence-corrected chi connectivity index (χ4v) is 1.22. The topological polar surface area (TPSA) is 47.0 Å². The van der Waals surface area contributed by atoms with Crippen molar-refractivity contribution in [1.29, 1.82) is 0 Å². The van der Waals surface area contributed by atoms with Gasteiger partial charge in [-0.15, -0.1) is 11.6 Å². The predicted octanol–water partition coefficient (Wildman–Crippen LogP) is 2.69. The first-order chi connectivity index (χ1) is 7.72. The van der Waals surface area contributed by atoms with E-state index in [4.69, 9.17) is 16.3 Å². The molecule has 0 radical (unpaired) electrons. The minimum Gasteiger partial charge on any atom is -0.477 e. The molecule has 0 fully saturated rings. The second kappa shape index (κ2) is 7.28.